The molecule has 0 rings (SSSR count). The summed E-state index contributed by atoms with van der Waals surface area (Å²) in [7, 11) is 0. The molecule has 0 aliphatic heterocycles. The van der Waals surface area contributed by atoms with Gasteiger partial charge in [0.1, 0.15) is 5.78 Å². The Kier molecular flexibility index (Phi) is 14.7. The van der Waals surface area contributed by atoms with Crippen LogP contribution < -0.4 is 0 Å². The van der Waals surface area contributed by atoms with E-state index in [0.29, 0.717) is 20.8 Å². The van der Waals surface area contributed by atoms with Gasteiger partial charge in [0.15, 0.2) is 23.1 Å². The molecule has 0 radical (unpaired) electrons. The summed E-state index contributed by atoms with van der Waals surface area (Å²) in [5.74, 6) is -22.0. The average Bonchev–Trinajstić information content (AvgIpc) is 2.76. The predicted octanol–water partition coefficient (Wildman–Crippen LogP) is -2.89. The highest BCUT2D eigenvalue weighted by Gasteiger charge is 2.73. The minimum absolute atomic E-state index is 0.502. The Morgan fingerprint density at radius 3 is 1.11 bits per heavy atom. The average molecular weight is 636 g/mol. The maximum atomic E-state index is 11.7. The van der Waals surface area contributed by atoms with Crippen LogP contribution in [0.25, 0.3) is 0 Å². The third-order valence-corrected chi connectivity index (χ3v) is 5.35. The number of carboxylic acid groups (broad SMARTS) is 3. The van der Waals surface area contributed by atoms with Crippen molar-refractivity contribution in [2.75, 3.05) is 0 Å². The quantitative estimate of drug-likeness (QED) is 0.0769. The van der Waals surface area contributed by atoms with Crippen LogP contribution in [-0.2, 0) is 71.7 Å². The summed E-state index contributed by atoms with van der Waals surface area (Å²) in [6, 6.07) is 0. The third kappa shape index (κ3) is 9.66. The Bertz CT molecular complexity index is 1210. The van der Waals surface area contributed by atoms with Crippen molar-refractivity contribution in [2.24, 2.45) is 11.3 Å². The molecule has 0 aliphatic rings. The van der Waals surface area contributed by atoms with E-state index in [9.17, 15) is 72.9 Å². The summed E-state index contributed by atoms with van der Waals surface area (Å²) >= 11 is 0. The van der Waals surface area contributed by atoms with Crippen LogP contribution in [0, 0.1) is 11.3 Å². The molecule has 0 aliphatic carbocycles. The molecule has 0 amide bonds. The van der Waals surface area contributed by atoms with Gasteiger partial charge in [-0.25, -0.2) is 9.59 Å². The molecule has 0 aromatic carbocycles. The normalized spacial score (nSPS) is 12.8. The van der Waals surface area contributed by atoms with Crippen LogP contribution in [0.4, 0.5) is 0 Å². The number of Topliss-reactive ketones (excluding diaryl/α,β-unsaturated/α-hetero) is 3. The van der Waals surface area contributed by atoms with Gasteiger partial charge in [-0.3, -0.25) is 47.9 Å². The van der Waals surface area contributed by atoms with Crippen LogP contribution >= 0.6 is 0 Å². The van der Waals surface area contributed by atoms with Gasteiger partial charge in [-0.1, -0.05) is 0 Å². The molecule has 2 unspecified atom stereocenters. The lowest BCUT2D eigenvalue weighted by Gasteiger charge is -2.39. The number of carbonyl (C=O) groups is 12. The lowest BCUT2D eigenvalue weighted by Crippen LogP contribution is -2.70. The Morgan fingerprint density at radius 1 is 0.568 bits per heavy atom. The molecule has 0 heterocycles. The van der Waals surface area contributed by atoms with E-state index in [1.165, 1.54) is 0 Å². The highest BCUT2D eigenvalue weighted by molar-refractivity contribution is 6.26. The van der Waals surface area contributed by atoms with Gasteiger partial charge in [0, 0.05) is 20.8 Å². The number of esters is 6. The fraction of sp³-hybridized carbons (Fsp3) is 0.500. The summed E-state index contributed by atoms with van der Waals surface area (Å²) in [4.78, 5) is 135. The molecule has 0 aromatic heterocycles. The van der Waals surface area contributed by atoms with Gasteiger partial charge >= 0.3 is 53.7 Å². The number of hydrogen-bond donors (Lipinski definition) is 5. The summed E-state index contributed by atoms with van der Waals surface area (Å²) in [5.41, 5.74) is -10.5. The standard InChI is InChI=1S/2C12H14O10/c1-6(13)20-9(16)4-12(19,11(18)22-8(3)15)5-10(17)21-7(2)14;1-4(13)7(8(16)17)12(22,10(20)21)11(5(2)14,6(3)15)9(18)19/h19H,4-5H2,1-3H3;7,22H,1-3H3,(H,16,17)(H,18,19)(H,20,21). The molecule has 44 heavy (non-hydrogen) atoms. The van der Waals surface area contributed by atoms with E-state index in [-0.39, 0.29) is 0 Å². The monoisotopic (exact) mass is 636 g/mol. The molecular formula is C24H28O20. The first-order valence-electron chi connectivity index (χ1n) is 11.6. The number of carboxylic acids is 3. The van der Waals surface area contributed by atoms with E-state index >= 15 is 0 Å². The summed E-state index contributed by atoms with van der Waals surface area (Å²) in [6.07, 6.45) is -2.32. The molecule has 0 spiro atoms. The first-order chi connectivity index (χ1) is 19.7. The first-order valence-corrected chi connectivity index (χ1v) is 11.6. The Labute approximate surface area is 245 Å². The van der Waals surface area contributed by atoms with Crippen molar-refractivity contribution in [3.8, 4) is 0 Å². The topological polar surface area (TPSA) is 334 Å². The fourth-order valence-corrected chi connectivity index (χ4v) is 3.70. The highest BCUT2D eigenvalue weighted by Crippen LogP contribution is 2.41. The van der Waals surface area contributed by atoms with Crippen LogP contribution in [0.3, 0.4) is 0 Å². The van der Waals surface area contributed by atoms with Crippen LogP contribution in [0.5, 0.6) is 0 Å². The van der Waals surface area contributed by atoms with E-state index < -0.39 is 106 Å². The Balaban J connectivity index is 0. The second-order valence-corrected chi connectivity index (χ2v) is 8.82. The molecule has 0 aromatic rings. The zero-order chi connectivity index (χ0) is 35.5. The van der Waals surface area contributed by atoms with E-state index in [4.69, 9.17) is 10.2 Å². The summed E-state index contributed by atoms with van der Waals surface area (Å²) in [6.45, 7) is 4.23. The number of aliphatic carboxylic acids is 3. The molecule has 0 bridgehead atoms. The van der Waals surface area contributed by atoms with Gasteiger partial charge in [0.2, 0.25) is 11.0 Å². The second-order valence-electron chi connectivity index (χ2n) is 8.82. The maximum Gasteiger partial charge on any atom is 0.346 e. The van der Waals surface area contributed by atoms with E-state index in [0.717, 1.165) is 20.8 Å². The van der Waals surface area contributed by atoms with Crippen LogP contribution in [-0.4, -0.2) is 108 Å². The van der Waals surface area contributed by atoms with Crippen LogP contribution in [0.2, 0.25) is 0 Å². The zero-order valence-corrected chi connectivity index (χ0v) is 23.9. The first kappa shape index (κ1) is 40.9. The Morgan fingerprint density at radius 2 is 0.909 bits per heavy atom. The molecule has 0 saturated heterocycles. The summed E-state index contributed by atoms with van der Waals surface area (Å²) < 4.78 is 12.3. The SMILES string of the molecule is CC(=O)C(C(=O)O)C(O)(C(=O)O)C(C(C)=O)(C(C)=O)C(=O)O.CC(=O)OC(=O)CC(O)(CC(=O)OC(C)=O)C(=O)OC(C)=O. The largest absolute Gasteiger partial charge is 0.481 e. The molecule has 244 valence electrons. The van der Waals surface area contributed by atoms with Gasteiger partial charge in [-0.05, 0) is 20.8 Å². The highest BCUT2D eigenvalue weighted by atomic mass is 16.6. The van der Waals surface area contributed by atoms with Gasteiger partial charge in [-0.15, -0.1) is 0 Å². The molecule has 0 fully saturated rings. The summed E-state index contributed by atoms with van der Waals surface area (Å²) in [5, 5.41) is 47.7. The number of aliphatic hydroxyl groups is 2. The van der Waals surface area contributed by atoms with Crippen LogP contribution in [0.15, 0.2) is 0 Å². The fourth-order valence-electron chi connectivity index (χ4n) is 3.70. The number of hydrogen-bond acceptors (Lipinski definition) is 17. The van der Waals surface area contributed by atoms with E-state index in [1.807, 2.05) is 0 Å². The van der Waals surface area contributed by atoms with Crippen molar-refractivity contribution in [2.45, 2.75) is 65.6 Å². The molecule has 20 nitrogen and oxygen atoms in total. The van der Waals surface area contributed by atoms with Crippen LogP contribution in [0.1, 0.15) is 54.4 Å². The Hall–Kier alpha value is -5.24. The van der Waals surface area contributed by atoms with Gasteiger partial charge in [0.05, 0.1) is 12.8 Å². The van der Waals surface area contributed by atoms with Crippen molar-refractivity contribution in [1.82, 2.24) is 0 Å². The maximum absolute atomic E-state index is 11.7. The van der Waals surface area contributed by atoms with Crippen molar-refractivity contribution in [1.29, 1.82) is 0 Å². The zero-order valence-electron chi connectivity index (χ0n) is 23.9. The molecule has 0 saturated carbocycles. The number of ether oxygens (including phenoxy) is 3. The van der Waals surface area contributed by atoms with Crippen molar-refractivity contribution >= 4 is 71.1 Å². The molecule has 2 atom stereocenters. The number of carbonyl (C=O) groups excluding carboxylic acids is 9. The minimum Gasteiger partial charge on any atom is -0.481 e. The predicted molar refractivity (Wildman–Crippen MR) is 130 cm³/mol. The van der Waals surface area contributed by atoms with Crippen molar-refractivity contribution in [3.05, 3.63) is 0 Å². The van der Waals surface area contributed by atoms with Gasteiger partial charge in [0.25, 0.3) is 0 Å². The van der Waals surface area contributed by atoms with Gasteiger partial charge < -0.3 is 39.7 Å². The number of ketones is 3. The third-order valence-electron chi connectivity index (χ3n) is 5.35. The smallest absolute Gasteiger partial charge is 0.346 e. The molecule has 20 heteroatoms. The number of rotatable bonds is 13. The molecule has 5 N–H and O–H groups in total. The van der Waals surface area contributed by atoms with E-state index in [2.05, 4.69) is 14.2 Å². The van der Waals surface area contributed by atoms with Crippen molar-refractivity contribution < 1.29 is 97.3 Å². The molecular weight excluding hydrogens is 608 g/mol. The lowest BCUT2D eigenvalue weighted by atomic mass is 9.60. The van der Waals surface area contributed by atoms with Crippen molar-refractivity contribution in [3.63, 3.8) is 0 Å². The van der Waals surface area contributed by atoms with Gasteiger partial charge in [-0.2, -0.15) is 0 Å². The second kappa shape index (κ2) is 15.8. The van der Waals surface area contributed by atoms with E-state index in [1.54, 1.807) is 0 Å². The lowest BCUT2D eigenvalue weighted by molar-refractivity contribution is -0.203. The minimum atomic E-state index is -3.99.